The second-order valence-electron chi connectivity index (χ2n) is 4.88. The maximum absolute atomic E-state index is 8.28. The van der Waals surface area contributed by atoms with E-state index in [1.807, 2.05) is 30.3 Å². The predicted molar refractivity (Wildman–Crippen MR) is 75.3 cm³/mol. The van der Waals surface area contributed by atoms with Crippen molar-refractivity contribution >= 4 is 5.71 Å². The molecule has 1 aromatic heterocycles. The number of hydrogen-bond acceptors (Lipinski definition) is 5. The van der Waals surface area contributed by atoms with Gasteiger partial charge in [-0.3, -0.25) is 5.41 Å². The zero-order valence-corrected chi connectivity index (χ0v) is 11.1. The molecule has 1 aliphatic rings. The summed E-state index contributed by atoms with van der Waals surface area (Å²) in [6, 6.07) is 9.94. The van der Waals surface area contributed by atoms with E-state index in [4.69, 9.17) is 11.1 Å². The van der Waals surface area contributed by atoms with E-state index in [1.165, 1.54) is 0 Å². The van der Waals surface area contributed by atoms with Crippen LogP contribution in [0.1, 0.15) is 30.7 Å². The van der Waals surface area contributed by atoms with E-state index in [-0.39, 0.29) is 0 Å². The molecule has 6 nitrogen and oxygen atoms in total. The molecule has 0 radical (unpaired) electrons. The second kappa shape index (κ2) is 5.24. The normalized spacial score (nSPS) is 14.8. The third kappa shape index (κ3) is 2.32. The highest BCUT2D eigenvalue weighted by Gasteiger charge is 2.21. The molecule has 1 heterocycles. The smallest absolute Gasteiger partial charge is 0.200 e. The summed E-state index contributed by atoms with van der Waals surface area (Å²) in [7, 11) is 0. The second-order valence-corrected chi connectivity index (χ2v) is 4.88. The molecular formula is C14H16N6. The zero-order valence-electron chi connectivity index (χ0n) is 11.1. The van der Waals surface area contributed by atoms with Gasteiger partial charge < -0.3 is 5.73 Å². The minimum absolute atomic E-state index is 0.348. The Morgan fingerprint density at radius 1 is 1.25 bits per heavy atom. The van der Waals surface area contributed by atoms with Gasteiger partial charge in [-0.2, -0.15) is 0 Å². The third-order valence-electron chi connectivity index (χ3n) is 3.49. The van der Waals surface area contributed by atoms with Crippen LogP contribution in [0.4, 0.5) is 0 Å². The molecule has 0 unspecified atom stereocenters. The quantitative estimate of drug-likeness (QED) is 0.821. The molecule has 20 heavy (non-hydrogen) atoms. The molecule has 1 aromatic carbocycles. The van der Waals surface area contributed by atoms with Gasteiger partial charge in [0.2, 0.25) is 5.82 Å². The lowest BCUT2D eigenvalue weighted by molar-refractivity contribution is 0.644. The molecule has 0 amide bonds. The fourth-order valence-electron chi connectivity index (χ4n) is 2.43. The fraction of sp³-hybridized carbons (Fsp3) is 0.286. The summed E-state index contributed by atoms with van der Waals surface area (Å²) in [6.07, 6.45) is 2.70. The first-order chi connectivity index (χ1) is 9.75. The molecule has 0 bridgehead atoms. The summed E-state index contributed by atoms with van der Waals surface area (Å²) in [5.74, 6) is 0.480. The van der Waals surface area contributed by atoms with Crippen molar-refractivity contribution in [2.75, 3.05) is 0 Å². The van der Waals surface area contributed by atoms with Gasteiger partial charge in [-0.05, 0) is 40.8 Å². The molecule has 0 spiro atoms. The number of nitrogens with one attached hydrogen (secondary N) is 1. The largest absolute Gasteiger partial charge is 0.402 e. The lowest BCUT2D eigenvalue weighted by Gasteiger charge is -2.07. The monoisotopic (exact) mass is 268 g/mol. The van der Waals surface area contributed by atoms with Crippen LogP contribution in [0.15, 0.2) is 41.6 Å². The minimum atomic E-state index is 0.348. The van der Waals surface area contributed by atoms with E-state index in [1.54, 1.807) is 4.68 Å². The number of rotatable bonds is 4. The van der Waals surface area contributed by atoms with Crippen molar-refractivity contribution in [2.45, 2.75) is 25.8 Å². The lowest BCUT2D eigenvalue weighted by atomic mass is 10.1. The van der Waals surface area contributed by atoms with Crippen LogP contribution in [-0.2, 0) is 6.54 Å². The Morgan fingerprint density at radius 3 is 2.75 bits per heavy atom. The first-order valence-electron chi connectivity index (χ1n) is 6.62. The Kier molecular flexibility index (Phi) is 3.28. The zero-order chi connectivity index (χ0) is 13.9. The summed E-state index contributed by atoms with van der Waals surface area (Å²) in [5.41, 5.74) is 9.08. The molecule has 3 N–H and O–H groups in total. The Bertz CT molecular complexity index is 655. The predicted octanol–water partition coefficient (Wildman–Crippen LogP) is 1.49. The van der Waals surface area contributed by atoms with E-state index in [9.17, 15) is 0 Å². The van der Waals surface area contributed by atoms with Crippen molar-refractivity contribution in [3.05, 3.63) is 53.0 Å². The molecule has 0 atom stereocenters. The summed E-state index contributed by atoms with van der Waals surface area (Å²) < 4.78 is 1.65. The average Bonchev–Trinajstić information content (AvgIpc) is 3.08. The maximum atomic E-state index is 8.28. The highest BCUT2D eigenvalue weighted by atomic mass is 15.5. The summed E-state index contributed by atoms with van der Waals surface area (Å²) in [5, 5.41) is 19.9. The van der Waals surface area contributed by atoms with Crippen LogP contribution in [0.25, 0.3) is 0 Å². The molecule has 0 aliphatic heterocycles. The van der Waals surface area contributed by atoms with Gasteiger partial charge in [-0.25, -0.2) is 4.68 Å². The highest BCUT2D eigenvalue weighted by Crippen LogP contribution is 2.24. The summed E-state index contributed by atoms with van der Waals surface area (Å²) >= 11 is 0. The van der Waals surface area contributed by atoms with Gasteiger partial charge in [-0.1, -0.05) is 30.3 Å². The molecule has 0 saturated heterocycles. The lowest BCUT2D eigenvalue weighted by Crippen LogP contribution is -2.15. The van der Waals surface area contributed by atoms with E-state index in [2.05, 4.69) is 15.5 Å². The SMILES string of the molecule is N=C(C1=C(N)CCC1)c1nnnn1Cc1ccccc1. The van der Waals surface area contributed by atoms with Crippen LogP contribution in [-0.4, -0.2) is 25.9 Å². The van der Waals surface area contributed by atoms with Gasteiger partial charge in [-0.15, -0.1) is 5.10 Å². The Balaban J connectivity index is 1.87. The van der Waals surface area contributed by atoms with Crippen molar-refractivity contribution in [3.63, 3.8) is 0 Å². The van der Waals surface area contributed by atoms with Gasteiger partial charge in [0.1, 0.15) is 5.71 Å². The van der Waals surface area contributed by atoms with Crippen LogP contribution in [0, 0.1) is 5.41 Å². The molecule has 2 aromatic rings. The van der Waals surface area contributed by atoms with Gasteiger partial charge >= 0.3 is 0 Å². The van der Waals surface area contributed by atoms with E-state index in [0.29, 0.717) is 18.1 Å². The number of hydrogen-bond donors (Lipinski definition) is 2. The molecule has 6 heteroatoms. The van der Waals surface area contributed by atoms with Crippen molar-refractivity contribution in [1.29, 1.82) is 5.41 Å². The number of nitrogens with zero attached hydrogens (tertiary/aromatic N) is 4. The Hall–Kier alpha value is -2.50. The van der Waals surface area contributed by atoms with Gasteiger partial charge in [0.05, 0.1) is 6.54 Å². The molecule has 3 rings (SSSR count). The first-order valence-corrected chi connectivity index (χ1v) is 6.62. The number of allylic oxidation sites excluding steroid dienone is 2. The Labute approximate surface area is 116 Å². The standard InChI is InChI=1S/C14H16N6/c15-12-8-4-7-11(12)13(16)14-17-18-19-20(14)9-10-5-2-1-3-6-10/h1-3,5-6,16H,4,7-9,15H2. The molecule has 1 aliphatic carbocycles. The van der Waals surface area contributed by atoms with Gasteiger partial charge in [0.25, 0.3) is 0 Å². The van der Waals surface area contributed by atoms with Gasteiger partial charge in [0, 0.05) is 5.70 Å². The number of tetrazole rings is 1. The Morgan fingerprint density at radius 2 is 2.05 bits per heavy atom. The van der Waals surface area contributed by atoms with E-state index in [0.717, 1.165) is 36.1 Å². The van der Waals surface area contributed by atoms with E-state index >= 15 is 0 Å². The number of benzene rings is 1. The minimum Gasteiger partial charge on any atom is -0.402 e. The van der Waals surface area contributed by atoms with Crippen LogP contribution in [0.3, 0.4) is 0 Å². The van der Waals surface area contributed by atoms with Crippen molar-refractivity contribution in [3.8, 4) is 0 Å². The third-order valence-corrected chi connectivity index (χ3v) is 3.49. The van der Waals surface area contributed by atoms with Gasteiger partial charge in [0.15, 0.2) is 0 Å². The molecule has 0 fully saturated rings. The van der Waals surface area contributed by atoms with E-state index < -0.39 is 0 Å². The van der Waals surface area contributed by atoms with Crippen molar-refractivity contribution in [2.24, 2.45) is 5.73 Å². The van der Waals surface area contributed by atoms with Crippen LogP contribution >= 0.6 is 0 Å². The maximum Gasteiger partial charge on any atom is 0.200 e. The fourth-order valence-corrected chi connectivity index (χ4v) is 2.43. The van der Waals surface area contributed by atoms with Crippen molar-refractivity contribution in [1.82, 2.24) is 20.2 Å². The number of aromatic nitrogens is 4. The van der Waals surface area contributed by atoms with Crippen LogP contribution in [0.5, 0.6) is 0 Å². The van der Waals surface area contributed by atoms with Crippen LogP contribution < -0.4 is 5.73 Å². The average molecular weight is 268 g/mol. The van der Waals surface area contributed by atoms with Crippen molar-refractivity contribution < 1.29 is 0 Å². The molecular weight excluding hydrogens is 252 g/mol. The summed E-state index contributed by atoms with van der Waals surface area (Å²) in [6.45, 7) is 0.554. The summed E-state index contributed by atoms with van der Waals surface area (Å²) in [4.78, 5) is 0. The highest BCUT2D eigenvalue weighted by molar-refractivity contribution is 6.08. The first kappa shape index (κ1) is 12.5. The van der Waals surface area contributed by atoms with Crippen LogP contribution in [0.2, 0.25) is 0 Å². The molecule has 0 saturated carbocycles. The molecule has 102 valence electrons. The topological polar surface area (TPSA) is 93.5 Å². The number of nitrogens with two attached hydrogens (primary N) is 1.